The highest BCUT2D eigenvalue weighted by Crippen LogP contribution is 2.33. The van der Waals surface area contributed by atoms with Gasteiger partial charge >= 0.3 is 0 Å². The number of nitrogens with zero attached hydrogens (tertiary/aromatic N) is 2. The molecule has 2 aromatic carbocycles. The maximum absolute atomic E-state index is 13.7. The molecule has 0 radical (unpaired) electrons. The molecule has 1 heterocycles. The summed E-state index contributed by atoms with van der Waals surface area (Å²) < 4.78 is 24.2. The topological polar surface area (TPSA) is 67.2 Å². The standard InChI is InChI=1S/C21H18FN3O2S/c1-13-4-6-16(9-17(13)22)24-11-15(10-23)21-25-18(12-28-21)14-5-7-19(26-2)20(8-14)27-3/h4-9,11-12,24H,1-3H3. The van der Waals surface area contributed by atoms with Crippen molar-refractivity contribution in [3.63, 3.8) is 0 Å². The minimum atomic E-state index is -0.304. The summed E-state index contributed by atoms with van der Waals surface area (Å²) in [6.07, 6.45) is 1.53. The van der Waals surface area contributed by atoms with E-state index in [1.165, 1.54) is 23.6 Å². The molecule has 7 heteroatoms. The van der Waals surface area contributed by atoms with E-state index in [2.05, 4.69) is 16.4 Å². The van der Waals surface area contributed by atoms with Crippen molar-refractivity contribution in [1.29, 1.82) is 5.26 Å². The van der Waals surface area contributed by atoms with Crippen LogP contribution in [0.4, 0.5) is 10.1 Å². The highest BCUT2D eigenvalue weighted by molar-refractivity contribution is 7.11. The van der Waals surface area contributed by atoms with E-state index in [-0.39, 0.29) is 5.82 Å². The number of nitrogens with one attached hydrogen (secondary N) is 1. The summed E-state index contributed by atoms with van der Waals surface area (Å²) in [4.78, 5) is 4.54. The number of methoxy groups -OCH3 is 2. The zero-order chi connectivity index (χ0) is 20.1. The van der Waals surface area contributed by atoms with Gasteiger partial charge in [-0.2, -0.15) is 5.26 Å². The van der Waals surface area contributed by atoms with Crippen molar-refractivity contribution in [3.8, 4) is 28.8 Å². The molecule has 0 spiro atoms. The molecule has 28 heavy (non-hydrogen) atoms. The van der Waals surface area contributed by atoms with Gasteiger partial charge in [-0.3, -0.25) is 0 Å². The molecule has 0 amide bonds. The van der Waals surface area contributed by atoms with Crippen molar-refractivity contribution >= 4 is 22.6 Å². The molecule has 5 nitrogen and oxygen atoms in total. The van der Waals surface area contributed by atoms with E-state index in [4.69, 9.17) is 9.47 Å². The van der Waals surface area contributed by atoms with E-state index in [0.29, 0.717) is 33.3 Å². The van der Waals surface area contributed by atoms with Gasteiger partial charge in [-0.15, -0.1) is 11.3 Å². The molecule has 0 aliphatic heterocycles. The lowest BCUT2D eigenvalue weighted by Crippen LogP contribution is -1.93. The summed E-state index contributed by atoms with van der Waals surface area (Å²) in [5.41, 5.74) is 3.06. The van der Waals surface area contributed by atoms with Gasteiger partial charge in [0.25, 0.3) is 0 Å². The van der Waals surface area contributed by atoms with Crippen molar-refractivity contribution in [2.24, 2.45) is 0 Å². The second-order valence-electron chi connectivity index (χ2n) is 5.89. The lowest BCUT2D eigenvalue weighted by atomic mass is 10.1. The zero-order valence-electron chi connectivity index (χ0n) is 15.6. The molecule has 0 aliphatic rings. The minimum absolute atomic E-state index is 0.304. The highest BCUT2D eigenvalue weighted by atomic mass is 32.1. The van der Waals surface area contributed by atoms with Gasteiger partial charge < -0.3 is 14.8 Å². The van der Waals surface area contributed by atoms with Crippen molar-refractivity contribution in [2.45, 2.75) is 6.92 Å². The van der Waals surface area contributed by atoms with Crippen LogP contribution in [0.3, 0.4) is 0 Å². The number of benzene rings is 2. The number of halogens is 1. The predicted octanol–water partition coefficient (Wildman–Crippen LogP) is 5.25. The first kappa shape index (κ1) is 19.4. The number of aromatic nitrogens is 1. The molecular weight excluding hydrogens is 377 g/mol. The van der Waals surface area contributed by atoms with Gasteiger partial charge in [-0.25, -0.2) is 9.37 Å². The largest absolute Gasteiger partial charge is 0.493 e. The first-order valence-electron chi connectivity index (χ1n) is 8.37. The molecule has 0 aliphatic carbocycles. The molecule has 0 unspecified atom stereocenters. The number of nitriles is 1. The average molecular weight is 395 g/mol. The maximum atomic E-state index is 13.7. The monoisotopic (exact) mass is 395 g/mol. The molecule has 0 atom stereocenters. The molecule has 0 fully saturated rings. The number of thiazole rings is 1. The van der Waals surface area contributed by atoms with Crippen LogP contribution in [0, 0.1) is 24.1 Å². The fourth-order valence-electron chi connectivity index (χ4n) is 2.51. The SMILES string of the molecule is COc1ccc(-c2csc(C(C#N)=CNc3ccc(C)c(F)c3)n2)cc1OC. The number of ether oxygens (including phenoxy) is 2. The molecule has 0 bridgehead atoms. The van der Waals surface area contributed by atoms with Crippen LogP contribution in [0.25, 0.3) is 16.8 Å². The van der Waals surface area contributed by atoms with Crippen molar-refractivity contribution in [1.82, 2.24) is 4.98 Å². The van der Waals surface area contributed by atoms with Gasteiger partial charge in [0.05, 0.1) is 19.9 Å². The summed E-state index contributed by atoms with van der Waals surface area (Å²) in [6, 6.07) is 12.5. The van der Waals surface area contributed by atoms with Gasteiger partial charge in [0.1, 0.15) is 22.5 Å². The number of hydrogen-bond donors (Lipinski definition) is 1. The molecule has 0 saturated heterocycles. The van der Waals surface area contributed by atoms with Crippen LogP contribution in [-0.2, 0) is 0 Å². The fraction of sp³-hybridized carbons (Fsp3) is 0.143. The molecule has 1 aromatic heterocycles. The second kappa shape index (κ2) is 8.55. The summed E-state index contributed by atoms with van der Waals surface area (Å²) in [7, 11) is 3.15. The minimum Gasteiger partial charge on any atom is -0.493 e. The summed E-state index contributed by atoms with van der Waals surface area (Å²) in [6.45, 7) is 1.70. The number of anilines is 1. The molecular formula is C21H18FN3O2S. The molecule has 3 rings (SSSR count). The Morgan fingerprint density at radius 1 is 1.18 bits per heavy atom. The Balaban J connectivity index is 1.85. The van der Waals surface area contributed by atoms with E-state index >= 15 is 0 Å². The summed E-state index contributed by atoms with van der Waals surface area (Å²) in [5, 5.41) is 14.9. The predicted molar refractivity (Wildman–Crippen MR) is 109 cm³/mol. The van der Waals surface area contributed by atoms with Crippen LogP contribution in [-0.4, -0.2) is 19.2 Å². The van der Waals surface area contributed by atoms with Gasteiger partial charge in [-0.1, -0.05) is 6.07 Å². The third kappa shape index (κ3) is 4.13. The maximum Gasteiger partial charge on any atom is 0.161 e. The number of hydrogen-bond acceptors (Lipinski definition) is 6. The Labute approximate surface area is 166 Å². The van der Waals surface area contributed by atoms with Crippen molar-refractivity contribution < 1.29 is 13.9 Å². The average Bonchev–Trinajstić information content (AvgIpc) is 3.20. The Kier molecular flexibility index (Phi) is 5.92. The first-order valence-corrected chi connectivity index (χ1v) is 9.25. The zero-order valence-corrected chi connectivity index (χ0v) is 16.4. The van der Waals surface area contributed by atoms with Crippen LogP contribution in [0.1, 0.15) is 10.6 Å². The van der Waals surface area contributed by atoms with Crippen LogP contribution in [0.2, 0.25) is 0 Å². The van der Waals surface area contributed by atoms with Crippen LogP contribution >= 0.6 is 11.3 Å². The van der Waals surface area contributed by atoms with Crippen LogP contribution in [0.15, 0.2) is 48.0 Å². The van der Waals surface area contributed by atoms with Crippen molar-refractivity contribution in [2.75, 3.05) is 19.5 Å². The van der Waals surface area contributed by atoms with Gasteiger partial charge in [-0.05, 0) is 42.8 Å². The van der Waals surface area contributed by atoms with Gasteiger partial charge in [0.2, 0.25) is 0 Å². The van der Waals surface area contributed by atoms with Crippen molar-refractivity contribution in [3.05, 3.63) is 64.4 Å². The Bertz CT molecular complexity index is 1070. The Morgan fingerprint density at radius 2 is 1.96 bits per heavy atom. The number of aryl methyl sites for hydroxylation is 1. The number of allylic oxidation sites excluding steroid dienone is 1. The van der Waals surface area contributed by atoms with Crippen LogP contribution in [0.5, 0.6) is 11.5 Å². The smallest absolute Gasteiger partial charge is 0.161 e. The quantitative estimate of drug-likeness (QED) is 0.577. The van der Waals surface area contributed by atoms with E-state index in [9.17, 15) is 9.65 Å². The van der Waals surface area contributed by atoms with E-state index in [1.807, 2.05) is 23.6 Å². The molecule has 3 aromatic rings. The first-order chi connectivity index (χ1) is 13.5. The Hall–Kier alpha value is -3.37. The molecule has 142 valence electrons. The van der Waals surface area contributed by atoms with Crippen LogP contribution < -0.4 is 14.8 Å². The number of rotatable bonds is 6. The third-order valence-electron chi connectivity index (χ3n) is 4.09. The van der Waals surface area contributed by atoms with Gasteiger partial charge in [0.15, 0.2) is 11.5 Å². The lowest BCUT2D eigenvalue weighted by molar-refractivity contribution is 0.355. The summed E-state index contributed by atoms with van der Waals surface area (Å²) >= 11 is 1.35. The highest BCUT2D eigenvalue weighted by Gasteiger charge is 2.12. The second-order valence-corrected chi connectivity index (χ2v) is 6.74. The Morgan fingerprint density at radius 3 is 2.64 bits per heavy atom. The summed E-state index contributed by atoms with van der Waals surface area (Å²) in [5.74, 6) is 0.935. The van der Waals surface area contributed by atoms with E-state index in [0.717, 1.165) is 11.3 Å². The van der Waals surface area contributed by atoms with E-state index < -0.39 is 0 Å². The molecule has 0 saturated carbocycles. The van der Waals surface area contributed by atoms with E-state index in [1.54, 1.807) is 33.3 Å². The molecule has 1 N–H and O–H groups in total. The lowest BCUT2D eigenvalue weighted by Gasteiger charge is -2.08. The fourth-order valence-corrected chi connectivity index (χ4v) is 3.30. The third-order valence-corrected chi connectivity index (χ3v) is 4.96. The normalized spacial score (nSPS) is 11.0. The van der Waals surface area contributed by atoms with Gasteiger partial charge in [0, 0.05) is 22.8 Å².